The zero-order valence-corrected chi connectivity index (χ0v) is 21.1. The van der Waals surface area contributed by atoms with Crippen molar-refractivity contribution in [3.63, 3.8) is 0 Å². The van der Waals surface area contributed by atoms with Crippen LogP contribution in [0.4, 0.5) is 0 Å². The number of methoxy groups -OCH3 is 1. The second-order valence-electron chi connectivity index (χ2n) is 9.26. The van der Waals surface area contributed by atoms with E-state index in [0.717, 1.165) is 10.4 Å². The fraction of sp³-hybridized carbons (Fsp3) is 0.308. The van der Waals surface area contributed by atoms with Crippen LogP contribution in [0.2, 0.25) is 0 Å². The number of thiophene rings is 1. The van der Waals surface area contributed by atoms with Crippen LogP contribution in [-0.4, -0.2) is 44.4 Å². The fourth-order valence-electron chi connectivity index (χ4n) is 3.87. The molecule has 8 nitrogen and oxygen atoms in total. The number of hydrogen-bond donors (Lipinski definition) is 1. The maximum absolute atomic E-state index is 13.9. The number of rotatable bonds is 8. The molecular formula is C26H29N5O3S. The molecule has 35 heavy (non-hydrogen) atoms. The van der Waals surface area contributed by atoms with E-state index in [-0.39, 0.29) is 24.9 Å². The summed E-state index contributed by atoms with van der Waals surface area (Å²) in [5, 5.41) is 13.4. The monoisotopic (exact) mass is 491 g/mol. The summed E-state index contributed by atoms with van der Waals surface area (Å²) in [6.07, 6.45) is 0. The van der Waals surface area contributed by atoms with Crippen LogP contribution < -0.4 is 10.1 Å². The zero-order valence-electron chi connectivity index (χ0n) is 20.3. The molecule has 0 radical (unpaired) electrons. The Hall–Kier alpha value is -3.72. The van der Waals surface area contributed by atoms with Crippen LogP contribution in [0.5, 0.6) is 5.75 Å². The fourth-order valence-corrected chi connectivity index (χ4v) is 4.57. The van der Waals surface area contributed by atoms with Crippen molar-refractivity contribution in [3.05, 3.63) is 76.5 Å². The number of carbonyl (C=O) groups is 2. The van der Waals surface area contributed by atoms with Crippen molar-refractivity contribution in [2.75, 3.05) is 7.11 Å². The van der Waals surface area contributed by atoms with E-state index in [9.17, 15) is 9.59 Å². The molecule has 0 aliphatic carbocycles. The highest BCUT2D eigenvalue weighted by atomic mass is 32.1. The molecule has 0 spiro atoms. The standard InChI is InChI=1S/C26H29N5O3S/c1-26(2,3)27-25(33)24(18-9-7-10-19(15-18)34-4)30(16-20-11-8-14-35-20)23(32)17-31-22-13-6-5-12-21(22)28-29-31/h5-15,24H,16-17H2,1-4H3,(H,27,33)/t24-/m1/s1. The molecule has 9 heteroatoms. The zero-order chi connectivity index (χ0) is 25.0. The van der Waals surface area contributed by atoms with Gasteiger partial charge in [0.1, 0.15) is 23.9 Å². The van der Waals surface area contributed by atoms with Crippen LogP contribution in [0.15, 0.2) is 66.0 Å². The van der Waals surface area contributed by atoms with Crippen molar-refractivity contribution in [2.45, 2.75) is 45.4 Å². The first kappa shape index (κ1) is 24.4. The Morgan fingerprint density at radius 2 is 1.91 bits per heavy atom. The van der Waals surface area contributed by atoms with Gasteiger partial charge in [0.05, 0.1) is 19.2 Å². The normalized spacial score (nSPS) is 12.3. The van der Waals surface area contributed by atoms with Gasteiger partial charge in [0, 0.05) is 10.4 Å². The first-order valence-corrected chi connectivity index (χ1v) is 12.2. The number of fused-ring (bicyclic) bond motifs is 1. The van der Waals surface area contributed by atoms with Gasteiger partial charge in [-0.1, -0.05) is 35.5 Å². The molecule has 0 unspecified atom stereocenters. The lowest BCUT2D eigenvalue weighted by atomic mass is 10.0. The number of ether oxygens (including phenoxy) is 1. The van der Waals surface area contributed by atoms with Gasteiger partial charge in [0.25, 0.3) is 0 Å². The van der Waals surface area contributed by atoms with Crippen molar-refractivity contribution in [2.24, 2.45) is 0 Å². The summed E-state index contributed by atoms with van der Waals surface area (Å²) in [6, 6.07) is 17.8. The summed E-state index contributed by atoms with van der Waals surface area (Å²) < 4.78 is 6.98. The molecule has 182 valence electrons. The van der Waals surface area contributed by atoms with Crippen LogP contribution in [-0.2, 0) is 22.7 Å². The minimum absolute atomic E-state index is 0.0465. The number of hydrogen-bond acceptors (Lipinski definition) is 6. The van der Waals surface area contributed by atoms with Gasteiger partial charge in [-0.2, -0.15) is 0 Å². The van der Waals surface area contributed by atoms with Gasteiger partial charge in [0.15, 0.2) is 0 Å². The number of nitrogens with zero attached hydrogens (tertiary/aromatic N) is 4. The molecule has 0 bridgehead atoms. The molecule has 0 saturated carbocycles. The Morgan fingerprint density at radius 3 is 2.63 bits per heavy atom. The lowest BCUT2D eigenvalue weighted by molar-refractivity contribution is -0.142. The summed E-state index contributed by atoms with van der Waals surface area (Å²) in [4.78, 5) is 30.1. The number of carbonyl (C=O) groups excluding carboxylic acids is 2. The third-order valence-electron chi connectivity index (χ3n) is 5.40. The van der Waals surface area contributed by atoms with Crippen molar-refractivity contribution in [3.8, 4) is 5.75 Å². The first-order valence-electron chi connectivity index (χ1n) is 11.3. The van der Waals surface area contributed by atoms with E-state index in [2.05, 4.69) is 15.6 Å². The van der Waals surface area contributed by atoms with Crippen molar-refractivity contribution in [1.29, 1.82) is 0 Å². The Balaban J connectivity index is 1.76. The predicted molar refractivity (Wildman–Crippen MR) is 136 cm³/mol. The van der Waals surface area contributed by atoms with Crippen LogP contribution >= 0.6 is 11.3 Å². The largest absolute Gasteiger partial charge is 0.497 e. The molecule has 1 N–H and O–H groups in total. The van der Waals surface area contributed by atoms with Gasteiger partial charge in [-0.25, -0.2) is 4.68 Å². The van der Waals surface area contributed by atoms with Gasteiger partial charge < -0.3 is 15.0 Å². The summed E-state index contributed by atoms with van der Waals surface area (Å²) in [7, 11) is 1.58. The highest BCUT2D eigenvalue weighted by Crippen LogP contribution is 2.29. The van der Waals surface area contributed by atoms with Gasteiger partial charge in [-0.3, -0.25) is 9.59 Å². The van der Waals surface area contributed by atoms with E-state index in [4.69, 9.17) is 4.74 Å². The van der Waals surface area contributed by atoms with E-state index >= 15 is 0 Å². The lowest BCUT2D eigenvalue weighted by Gasteiger charge is -2.33. The third kappa shape index (κ3) is 5.86. The summed E-state index contributed by atoms with van der Waals surface area (Å²) in [6.45, 7) is 5.99. The smallest absolute Gasteiger partial charge is 0.247 e. The molecule has 0 fully saturated rings. The molecule has 2 heterocycles. The second kappa shape index (κ2) is 10.3. The van der Waals surface area contributed by atoms with Crippen molar-refractivity contribution >= 4 is 34.2 Å². The highest BCUT2D eigenvalue weighted by molar-refractivity contribution is 7.09. The first-order chi connectivity index (χ1) is 16.7. The van der Waals surface area contributed by atoms with E-state index in [1.54, 1.807) is 22.8 Å². The van der Waals surface area contributed by atoms with Crippen molar-refractivity contribution in [1.82, 2.24) is 25.2 Å². The number of para-hydroxylation sites is 1. The maximum atomic E-state index is 13.9. The summed E-state index contributed by atoms with van der Waals surface area (Å²) >= 11 is 1.54. The molecular weight excluding hydrogens is 462 g/mol. The topological polar surface area (TPSA) is 89.4 Å². The van der Waals surface area contributed by atoms with Gasteiger partial charge in [-0.15, -0.1) is 16.4 Å². The minimum atomic E-state index is -0.867. The van der Waals surface area contributed by atoms with Crippen LogP contribution in [0, 0.1) is 0 Å². The SMILES string of the molecule is COc1cccc([C@H](C(=O)NC(C)(C)C)N(Cc2cccs2)C(=O)Cn2nnc3ccccc32)c1. The Morgan fingerprint density at radius 1 is 1.11 bits per heavy atom. The maximum Gasteiger partial charge on any atom is 0.247 e. The van der Waals surface area contributed by atoms with Gasteiger partial charge in [0.2, 0.25) is 11.8 Å². The minimum Gasteiger partial charge on any atom is -0.497 e. The van der Waals surface area contributed by atoms with Gasteiger partial charge in [-0.05, 0) is 62.0 Å². The number of amides is 2. The lowest BCUT2D eigenvalue weighted by Crippen LogP contribution is -2.49. The molecule has 0 saturated heterocycles. The molecule has 4 rings (SSSR count). The number of nitrogens with one attached hydrogen (secondary N) is 1. The predicted octanol–water partition coefficient (Wildman–Crippen LogP) is 4.19. The van der Waals surface area contributed by atoms with E-state index in [0.29, 0.717) is 16.8 Å². The van der Waals surface area contributed by atoms with E-state index < -0.39 is 11.6 Å². The molecule has 2 aromatic carbocycles. The molecule has 0 aliphatic rings. The number of aromatic nitrogens is 3. The molecule has 2 amide bonds. The summed E-state index contributed by atoms with van der Waals surface area (Å²) in [5.41, 5.74) is 1.65. The van der Waals surface area contributed by atoms with Gasteiger partial charge >= 0.3 is 0 Å². The number of benzene rings is 2. The van der Waals surface area contributed by atoms with E-state index in [1.807, 2.05) is 80.7 Å². The van der Waals surface area contributed by atoms with E-state index in [1.165, 1.54) is 11.3 Å². The Kier molecular flexibility index (Phi) is 7.16. The third-order valence-corrected chi connectivity index (χ3v) is 6.26. The average molecular weight is 492 g/mol. The molecule has 0 aliphatic heterocycles. The molecule has 2 aromatic heterocycles. The van der Waals surface area contributed by atoms with Crippen LogP contribution in [0.3, 0.4) is 0 Å². The molecule has 4 aromatic rings. The Labute approximate surface area is 208 Å². The quantitative estimate of drug-likeness (QED) is 0.399. The molecule has 1 atom stereocenters. The van der Waals surface area contributed by atoms with Crippen LogP contribution in [0.1, 0.15) is 37.3 Å². The highest BCUT2D eigenvalue weighted by Gasteiger charge is 2.34. The average Bonchev–Trinajstić information content (AvgIpc) is 3.48. The summed E-state index contributed by atoms with van der Waals surface area (Å²) in [5.74, 6) is 0.104. The Bertz CT molecular complexity index is 1310. The van der Waals surface area contributed by atoms with Crippen LogP contribution in [0.25, 0.3) is 11.0 Å². The second-order valence-corrected chi connectivity index (χ2v) is 10.3. The van der Waals surface area contributed by atoms with Crippen molar-refractivity contribution < 1.29 is 14.3 Å².